The van der Waals surface area contributed by atoms with Crippen molar-refractivity contribution >= 4 is 16.0 Å². The fourth-order valence-electron chi connectivity index (χ4n) is 1.78. The van der Waals surface area contributed by atoms with Crippen molar-refractivity contribution in [2.24, 2.45) is 0 Å². The van der Waals surface area contributed by atoms with Crippen molar-refractivity contribution in [1.82, 2.24) is 9.97 Å². The number of rotatable bonds is 3. The molecule has 0 atom stereocenters. The fourth-order valence-corrected chi connectivity index (χ4v) is 2.87. The SMILES string of the molecule is Cc1cc(C)nc(NS(=O)(=O)c2cc(C)c(F)cc2F)n1. The van der Waals surface area contributed by atoms with Gasteiger partial charge >= 0.3 is 0 Å². The number of nitrogens with zero attached hydrogens (tertiary/aromatic N) is 2. The average Bonchev–Trinajstić information content (AvgIpc) is 2.31. The van der Waals surface area contributed by atoms with Gasteiger partial charge in [-0.25, -0.2) is 31.9 Å². The van der Waals surface area contributed by atoms with Gasteiger partial charge < -0.3 is 0 Å². The quantitative estimate of drug-likeness (QED) is 0.945. The summed E-state index contributed by atoms with van der Waals surface area (Å²) in [5.41, 5.74) is 1.16. The largest absolute Gasteiger partial charge is 0.267 e. The Bertz CT molecular complexity index is 787. The summed E-state index contributed by atoms with van der Waals surface area (Å²) in [7, 11) is -4.23. The van der Waals surface area contributed by atoms with E-state index in [1.807, 2.05) is 0 Å². The van der Waals surface area contributed by atoms with Crippen molar-refractivity contribution in [3.63, 3.8) is 0 Å². The molecule has 1 aromatic heterocycles. The lowest BCUT2D eigenvalue weighted by Crippen LogP contribution is -2.17. The minimum Gasteiger partial charge on any atom is -0.247 e. The summed E-state index contributed by atoms with van der Waals surface area (Å²) in [6, 6.07) is 3.13. The second-order valence-corrected chi connectivity index (χ2v) is 6.26. The van der Waals surface area contributed by atoms with Crippen LogP contribution in [0.3, 0.4) is 0 Å². The highest BCUT2D eigenvalue weighted by Crippen LogP contribution is 2.21. The number of nitrogens with one attached hydrogen (secondary N) is 1. The van der Waals surface area contributed by atoms with Crippen LogP contribution in [0.25, 0.3) is 0 Å². The number of aryl methyl sites for hydroxylation is 3. The third-order valence-electron chi connectivity index (χ3n) is 2.71. The maximum Gasteiger partial charge on any atom is 0.267 e. The van der Waals surface area contributed by atoms with E-state index in [4.69, 9.17) is 0 Å². The number of anilines is 1. The molecule has 1 aromatic carbocycles. The number of halogens is 2. The van der Waals surface area contributed by atoms with Gasteiger partial charge in [-0.15, -0.1) is 0 Å². The molecule has 0 fully saturated rings. The van der Waals surface area contributed by atoms with E-state index in [2.05, 4.69) is 14.7 Å². The zero-order chi connectivity index (χ0) is 15.8. The van der Waals surface area contributed by atoms with E-state index >= 15 is 0 Å². The molecule has 1 heterocycles. The van der Waals surface area contributed by atoms with Crippen molar-refractivity contribution in [2.45, 2.75) is 25.7 Å². The van der Waals surface area contributed by atoms with Crippen LogP contribution in [-0.4, -0.2) is 18.4 Å². The Hall–Kier alpha value is -2.09. The predicted molar refractivity (Wildman–Crippen MR) is 73.4 cm³/mol. The second-order valence-electron chi connectivity index (χ2n) is 4.61. The van der Waals surface area contributed by atoms with E-state index in [-0.39, 0.29) is 11.5 Å². The lowest BCUT2D eigenvalue weighted by atomic mass is 10.2. The van der Waals surface area contributed by atoms with Crippen LogP contribution in [0.15, 0.2) is 23.1 Å². The summed E-state index contributed by atoms with van der Waals surface area (Å²) in [5.74, 6) is -2.14. The van der Waals surface area contributed by atoms with Gasteiger partial charge in [0.05, 0.1) is 0 Å². The van der Waals surface area contributed by atoms with E-state index in [0.29, 0.717) is 17.5 Å². The molecule has 0 aliphatic carbocycles. The highest BCUT2D eigenvalue weighted by atomic mass is 32.2. The summed E-state index contributed by atoms with van der Waals surface area (Å²) in [4.78, 5) is 7.18. The minimum atomic E-state index is -4.23. The minimum absolute atomic E-state index is 0.0260. The van der Waals surface area contributed by atoms with Gasteiger partial charge in [0.2, 0.25) is 5.95 Å². The Morgan fingerprint density at radius 2 is 1.52 bits per heavy atom. The maximum atomic E-state index is 13.7. The lowest BCUT2D eigenvalue weighted by molar-refractivity contribution is 0.547. The van der Waals surface area contributed by atoms with E-state index in [0.717, 1.165) is 6.07 Å². The first-order valence-electron chi connectivity index (χ1n) is 6.00. The van der Waals surface area contributed by atoms with Gasteiger partial charge in [-0.3, -0.25) is 0 Å². The Balaban J connectivity index is 2.45. The number of sulfonamides is 1. The van der Waals surface area contributed by atoms with E-state index in [1.165, 1.54) is 6.92 Å². The summed E-state index contributed by atoms with van der Waals surface area (Å²) in [6.45, 7) is 4.70. The van der Waals surface area contributed by atoms with Crippen LogP contribution in [-0.2, 0) is 10.0 Å². The molecule has 2 aromatic rings. The highest BCUT2D eigenvalue weighted by molar-refractivity contribution is 7.92. The van der Waals surface area contributed by atoms with Gasteiger partial charge in [-0.05, 0) is 38.5 Å². The number of aromatic nitrogens is 2. The molecule has 2 rings (SSSR count). The van der Waals surface area contributed by atoms with Crippen LogP contribution in [0.5, 0.6) is 0 Å². The number of hydrogen-bond donors (Lipinski definition) is 1. The molecule has 0 amide bonds. The summed E-state index contributed by atoms with van der Waals surface area (Å²) < 4.78 is 53.3. The normalized spacial score (nSPS) is 11.5. The van der Waals surface area contributed by atoms with Gasteiger partial charge in [-0.1, -0.05) is 0 Å². The summed E-state index contributed by atoms with van der Waals surface area (Å²) in [5, 5.41) is 0. The molecule has 0 spiro atoms. The van der Waals surface area contributed by atoms with Crippen LogP contribution < -0.4 is 4.72 Å². The molecule has 0 saturated heterocycles. The first-order valence-corrected chi connectivity index (χ1v) is 7.48. The van der Waals surface area contributed by atoms with Crippen molar-refractivity contribution in [3.8, 4) is 0 Å². The molecular weight excluding hydrogens is 300 g/mol. The topological polar surface area (TPSA) is 72.0 Å². The van der Waals surface area contributed by atoms with Crippen LogP contribution in [0.4, 0.5) is 14.7 Å². The first kappa shape index (κ1) is 15.3. The van der Waals surface area contributed by atoms with Gasteiger partial charge in [-0.2, -0.15) is 0 Å². The molecule has 0 unspecified atom stereocenters. The Morgan fingerprint density at radius 1 is 0.952 bits per heavy atom. The van der Waals surface area contributed by atoms with Crippen molar-refractivity contribution in [3.05, 3.63) is 46.8 Å². The summed E-state index contributed by atoms with van der Waals surface area (Å²) in [6.07, 6.45) is 0. The van der Waals surface area contributed by atoms with Crippen LogP contribution in [0.1, 0.15) is 17.0 Å². The van der Waals surface area contributed by atoms with Gasteiger partial charge in [0, 0.05) is 17.5 Å². The standard InChI is InChI=1S/C13H13F2N3O2S/c1-7-4-12(11(15)6-10(7)14)21(19,20)18-13-16-8(2)5-9(3)17-13/h4-6H,1-3H3,(H,16,17,18). The fraction of sp³-hybridized carbons (Fsp3) is 0.231. The van der Waals surface area contributed by atoms with E-state index in [9.17, 15) is 17.2 Å². The van der Waals surface area contributed by atoms with Crippen LogP contribution in [0.2, 0.25) is 0 Å². The predicted octanol–water partition coefficient (Wildman–Crippen LogP) is 2.48. The zero-order valence-corrected chi connectivity index (χ0v) is 12.4. The molecule has 1 N–H and O–H groups in total. The second kappa shape index (κ2) is 5.36. The van der Waals surface area contributed by atoms with Crippen LogP contribution >= 0.6 is 0 Å². The van der Waals surface area contributed by atoms with E-state index < -0.39 is 26.6 Å². The Morgan fingerprint density at radius 3 is 2.10 bits per heavy atom. The smallest absolute Gasteiger partial charge is 0.247 e. The van der Waals surface area contributed by atoms with Crippen molar-refractivity contribution in [1.29, 1.82) is 0 Å². The molecule has 5 nitrogen and oxygen atoms in total. The van der Waals surface area contributed by atoms with Gasteiger partial charge in [0.15, 0.2) is 0 Å². The monoisotopic (exact) mass is 313 g/mol. The number of hydrogen-bond acceptors (Lipinski definition) is 4. The average molecular weight is 313 g/mol. The van der Waals surface area contributed by atoms with E-state index in [1.54, 1.807) is 19.9 Å². The molecule has 0 aliphatic rings. The molecule has 21 heavy (non-hydrogen) atoms. The van der Waals surface area contributed by atoms with Crippen molar-refractivity contribution in [2.75, 3.05) is 4.72 Å². The molecule has 112 valence electrons. The summed E-state index contributed by atoms with van der Waals surface area (Å²) >= 11 is 0. The van der Waals surface area contributed by atoms with Gasteiger partial charge in [0.1, 0.15) is 16.5 Å². The van der Waals surface area contributed by atoms with Crippen LogP contribution in [0, 0.1) is 32.4 Å². The third-order valence-corrected chi connectivity index (χ3v) is 4.05. The number of benzene rings is 1. The molecule has 0 radical (unpaired) electrons. The Labute approximate surface area is 121 Å². The maximum absolute atomic E-state index is 13.7. The van der Waals surface area contributed by atoms with Crippen molar-refractivity contribution < 1.29 is 17.2 Å². The molecule has 0 bridgehead atoms. The zero-order valence-electron chi connectivity index (χ0n) is 11.6. The molecular formula is C13H13F2N3O2S. The highest BCUT2D eigenvalue weighted by Gasteiger charge is 2.22. The lowest BCUT2D eigenvalue weighted by Gasteiger charge is -2.09. The molecule has 0 saturated carbocycles. The molecule has 8 heteroatoms. The Kier molecular flexibility index (Phi) is 3.91. The van der Waals surface area contributed by atoms with Gasteiger partial charge in [0.25, 0.3) is 10.0 Å². The first-order chi connectivity index (χ1) is 9.69. The third kappa shape index (κ3) is 3.33. The molecule has 0 aliphatic heterocycles.